The summed E-state index contributed by atoms with van der Waals surface area (Å²) in [4.78, 5) is 35.7. The normalized spacial score (nSPS) is 13.3. The van der Waals surface area contributed by atoms with Gasteiger partial charge in [0.1, 0.15) is 0 Å². The second-order valence-corrected chi connectivity index (χ2v) is 6.40. The minimum absolute atomic E-state index is 0.167. The average molecular weight is 349 g/mol. The largest absolute Gasteiger partial charge is 0.291 e. The van der Waals surface area contributed by atoms with Crippen LogP contribution in [-0.4, -0.2) is 20.9 Å². The van der Waals surface area contributed by atoms with Crippen LogP contribution in [0.1, 0.15) is 31.0 Å². The van der Waals surface area contributed by atoms with Gasteiger partial charge in [0.05, 0.1) is 5.39 Å². The molecule has 1 aromatic carbocycles. The molecule has 7 nitrogen and oxygen atoms in total. The minimum atomic E-state index is -0.281. The predicted molar refractivity (Wildman–Crippen MR) is 99.7 cm³/mol. The number of hydrogen-bond donors (Lipinski definition) is 3. The van der Waals surface area contributed by atoms with Crippen molar-refractivity contribution in [1.29, 1.82) is 0 Å². The summed E-state index contributed by atoms with van der Waals surface area (Å²) in [5, 5.41) is 0.491. The van der Waals surface area contributed by atoms with Gasteiger partial charge in [0.25, 0.3) is 5.56 Å². The molecule has 0 fully saturated rings. The van der Waals surface area contributed by atoms with Crippen LogP contribution in [0.2, 0.25) is 0 Å². The highest BCUT2D eigenvalue weighted by Gasteiger charge is 2.22. The minimum Gasteiger partial charge on any atom is -0.291 e. The van der Waals surface area contributed by atoms with Crippen molar-refractivity contribution in [3.63, 3.8) is 0 Å². The molecule has 0 atom stereocenters. The van der Waals surface area contributed by atoms with Crippen LogP contribution in [0.4, 0.5) is 5.95 Å². The lowest BCUT2D eigenvalue weighted by atomic mass is 9.87. The van der Waals surface area contributed by atoms with Crippen molar-refractivity contribution in [2.75, 3.05) is 5.43 Å². The molecule has 132 valence electrons. The van der Waals surface area contributed by atoms with Gasteiger partial charge in [-0.15, -0.1) is 0 Å². The Morgan fingerprint density at radius 2 is 1.88 bits per heavy atom. The van der Waals surface area contributed by atoms with Gasteiger partial charge in [-0.1, -0.05) is 30.3 Å². The van der Waals surface area contributed by atoms with Crippen molar-refractivity contribution in [1.82, 2.24) is 20.4 Å². The van der Waals surface area contributed by atoms with E-state index >= 15 is 0 Å². The van der Waals surface area contributed by atoms with Gasteiger partial charge in [-0.2, -0.15) is 4.98 Å². The maximum absolute atomic E-state index is 12.8. The fourth-order valence-corrected chi connectivity index (χ4v) is 3.46. The first kappa shape index (κ1) is 16.3. The van der Waals surface area contributed by atoms with Crippen molar-refractivity contribution < 1.29 is 4.79 Å². The van der Waals surface area contributed by atoms with E-state index in [-0.39, 0.29) is 17.4 Å². The van der Waals surface area contributed by atoms with Gasteiger partial charge in [0.2, 0.25) is 11.9 Å². The molecule has 4 rings (SSSR count). The van der Waals surface area contributed by atoms with Crippen molar-refractivity contribution in [2.24, 2.45) is 0 Å². The zero-order valence-corrected chi connectivity index (χ0v) is 14.4. The molecule has 0 spiro atoms. The summed E-state index contributed by atoms with van der Waals surface area (Å²) >= 11 is 0. The standard InChI is InChI=1S/C19H19N5O2/c1-11(25)23-24-19-21-17-16(18(26)22-19)15(12-7-3-2-4-8-12)13-9-5-6-10-14(13)20-17/h2-4,7-8H,5-6,9-10H2,1H3,(H,23,25)(H2,20,21,22,24,26). The third kappa shape index (κ3) is 2.92. The molecule has 0 saturated carbocycles. The first-order valence-electron chi connectivity index (χ1n) is 8.67. The number of rotatable bonds is 3. The van der Waals surface area contributed by atoms with E-state index in [9.17, 15) is 9.59 Å². The third-order valence-electron chi connectivity index (χ3n) is 4.55. The number of aromatic nitrogens is 3. The van der Waals surface area contributed by atoms with E-state index < -0.39 is 0 Å². The number of H-pyrrole nitrogens is 1. The van der Waals surface area contributed by atoms with Crippen molar-refractivity contribution in [3.8, 4) is 11.1 Å². The second-order valence-electron chi connectivity index (χ2n) is 6.40. The number of hydrogen-bond acceptors (Lipinski definition) is 5. The second kappa shape index (κ2) is 6.59. The number of fused-ring (bicyclic) bond motifs is 2. The summed E-state index contributed by atoms with van der Waals surface area (Å²) in [7, 11) is 0. The molecule has 7 heteroatoms. The van der Waals surface area contributed by atoms with E-state index in [2.05, 4.69) is 25.8 Å². The average Bonchev–Trinajstić information content (AvgIpc) is 2.65. The monoisotopic (exact) mass is 349 g/mol. The molecule has 2 aromatic heterocycles. The van der Waals surface area contributed by atoms with E-state index in [1.807, 2.05) is 30.3 Å². The molecule has 3 aromatic rings. The molecule has 3 N–H and O–H groups in total. The van der Waals surface area contributed by atoms with Gasteiger partial charge >= 0.3 is 0 Å². The van der Waals surface area contributed by atoms with E-state index in [0.29, 0.717) is 11.0 Å². The maximum Gasteiger partial charge on any atom is 0.262 e. The summed E-state index contributed by atoms with van der Waals surface area (Å²) in [6.45, 7) is 1.37. The Labute approximate surface area is 149 Å². The molecule has 0 radical (unpaired) electrons. The molecule has 0 saturated heterocycles. The lowest BCUT2D eigenvalue weighted by molar-refractivity contribution is -0.118. The van der Waals surface area contributed by atoms with Crippen molar-refractivity contribution in [3.05, 3.63) is 51.9 Å². The van der Waals surface area contributed by atoms with Crippen molar-refractivity contribution >= 4 is 22.9 Å². The molecule has 0 aliphatic heterocycles. The van der Waals surface area contributed by atoms with Crippen LogP contribution >= 0.6 is 0 Å². The van der Waals surface area contributed by atoms with Gasteiger partial charge in [-0.3, -0.25) is 25.4 Å². The van der Waals surface area contributed by atoms with E-state index in [0.717, 1.165) is 48.1 Å². The Balaban J connectivity index is 1.98. The van der Waals surface area contributed by atoms with Crippen LogP contribution < -0.4 is 16.4 Å². The van der Waals surface area contributed by atoms with Crippen LogP contribution in [0.5, 0.6) is 0 Å². The molecular weight excluding hydrogens is 330 g/mol. The zero-order valence-electron chi connectivity index (χ0n) is 14.4. The first-order chi connectivity index (χ1) is 12.6. The molecule has 0 unspecified atom stereocenters. The third-order valence-corrected chi connectivity index (χ3v) is 4.55. The number of aryl methyl sites for hydroxylation is 1. The van der Waals surface area contributed by atoms with Gasteiger partial charge in [0, 0.05) is 18.2 Å². The van der Waals surface area contributed by atoms with E-state index in [1.165, 1.54) is 6.92 Å². The smallest absolute Gasteiger partial charge is 0.262 e. The summed E-state index contributed by atoms with van der Waals surface area (Å²) in [5.74, 6) is -0.115. The molecular formula is C19H19N5O2. The molecule has 2 heterocycles. The number of benzene rings is 1. The number of nitrogens with one attached hydrogen (secondary N) is 3. The topological polar surface area (TPSA) is 99.8 Å². The Morgan fingerprint density at radius 1 is 1.12 bits per heavy atom. The number of anilines is 1. The Hall–Kier alpha value is -3.22. The Kier molecular flexibility index (Phi) is 4.12. The first-order valence-corrected chi connectivity index (χ1v) is 8.67. The molecule has 1 aliphatic carbocycles. The zero-order chi connectivity index (χ0) is 18.1. The lowest BCUT2D eigenvalue weighted by Crippen LogP contribution is -2.29. The van der Waals surface area contributed by atoms with Gasteiger partial charge in [-0.05, 0) is 36.8 Å². The lowest BCUT2D eigenvalue weighted by Gasteiger charge is -2.20. The van der Waals surface area contributed by atoms with Crippen LogP contribution in [-0.2, 0) is 17.6 Å². The van der Waals surface area contributed by atoms with Gasteiger partial charge in [0.15, 0.2) is 5.65 Å². The Morgan fingerprint density at radius 3 is 2.65 bits per heavy atom. The quantitative estimate of drug-likeness (QED) is 0.630. The summed E-state index contributed by atoms with van der Waals surface area (Å²) in [6.07, 6.45) is 3.97. The van der Waals surface area contributed by atoms with Crippen LogP contribution in [0.15, 0.2) is 35.1 Å². The van der Waals surface area contributed by atoms with Gasteiger partial charge in [-0.25, -0.2) is 4.98 Å². The maximum atomic E-state index is 12.8. The fourth-order valence-electron chi connectivity index (χ4n) is 3.46. The molecule has 0 bridgehead atoms. The Bertz CT molecular complexity index is 1040. The number of pyridine rings is 1. The summed E-state index contributed by atoms with van der Waals surface area (Å²) in [5.41, 5.74) is 9.20. The van der Waals surface area contributed by atoms with E-state index in [1.54, 1.807) is 0 Å². The van der Waals surface area contributed by atoms with Crippen LogP contribution in [0.3, 0.4) is 0 Å². The molecule has 1 amide bonds. The predicted octanol–water partition coefficient (Wildman–Crippen LogP) is 2.33. The fraction of sp³-hybridized carbons (Fsp3) is 0.263. The highest BCUT2D eigenvalue weighted by atomic mass is 16.2. The van der Waals surface area contributed by atoms with Crippen LogP contribution in [0.25, 0.3) is 22.2 Å². The highest BCUT2D eigenvalue weighted by Crippen LogP contribution is 2.34. The number of hydrazine groups is 1. The summed E-state index contributed by atoms with van der Waals surface area (Å²) < 4.78 is 0. The number of nitrogens with zero attached hydrogens (tertiary/aromatic N) is 2. The van der Waals surface area contributed by atoms with Crippen molar-refractivity contribution in [2.45, 2.75) is 32.6 Å². The highest BCUT2D eigenvalue weighted by molar-refractivity contribution is 5.95. The SMILES string of the molecule is CC(=O)NNc1nc2nc3c(c(-c4ccccc4)c2c(=O)[nH]1)CCCC3. The molecule has 1 aliphatic rings. The molecule has 26 heavy (non-hydrogen) atoms. The number of aromatic amines is 1. The number of amides is 1. The number of carbonyl (C=O) groups is 1. The van der Waals surface area contributed by atoms with Gasteiger partial charge < -0.3 is 0 Å². The van der Waals surface area contributed by atoms with E-state index in [4.69, 9.17) is 0 Å². The van der Waals surface area contributed by atoms with Crippen LogP contribution in [0, 0.1) is 0 Å². The summed E-state index contributed by atoms with van der Waals surface area (Å²) in [6, 6.07) is 9.90. The number of carbonyl (C=O) groups excluding carboxylic acids is 1.